The molecule has 0 amide bonds. The summed E-state index contributed by atoms with van der Waals surface area (Å²) in [6.07, 6.45) is 1.62. The number of allylic oxidation sites excluding steroid dienone is 1. The summed E-state index contributed by atoms with van der Waals surface area (Å²) in [5.74, 6) is 3.02. The highest BCUT2D eigenvalue weighted by Crippen LogP contribution is 2.42. The molecule has 0 saturated carbocycles. The zero-order chi connectivity index (χ0) is 21.3. The van der Waals surface area contributed by atoms with E-state index in [0.29, 0.717) is 46.6 Å². The Morgan fingerprint density at radius 1 is 1.10 bits per heavy atom. The molecule has 156 valence electrons. The van der Waals surface area contributed by atoms with E-state index >= 15 is 0 Å². The Morgan fingerprint density at radius 2 is 1.76 bits per heavy atom. The second-order valence-electron chi connectivity index (χ2n) is 8.77. The summed E-state index contributed by atoms with van der Waals surface area (Å²) in [5, 5.41) is 10.7. The average Bonchev–Trinajstić information content (AvgIpc) is 3.14. The maximum Gasteiger partial charge on any atom is 0.232 e. The van der Waals surface area contributed by atoms with E-state index in [1.54, 1.807) is 18.2 Å². The number of ketones is 1. The molecule has 3 rings (SSSR count). The van der Waals surface area contributed by atoms with Crippen LogP contribution in [0.15, 0.2) is 28.4 Å². The molecular weight excluding hydrogens is 366 g/mol. The number of nitrogens with zero attached hydrogens (tertiary/aromatic N) is 1. The highest BCUT2D eigenvalue weighted by molar-refractivity contribution is 6.15. The van der Waals surface area contributed by atoms with Crippen LogP contribution < -0.4 is 4.74 Å². The van der Waals surface area contributed by atoms with E-state index in [9.17, 15) is 9.90 Å². The first-order valence-corrected chi connectivity index (χ1v) is 10.2. The molecule has 1 aromatic carbocycles. The van der Waals surface area contributed by atoms with Crippen LogP contribution >= 0.6 is 0 Å². The summed E-state index contributed by atoms with van der Waals surface area (Å²) >= 11 is 0. The van der Waals surface area contributed by atoms with E-state index in [0.717, 1.165) is 18.8 Å². The number of ether oxygens (including phenoxy) is 1. The fraction of sp³-hybridized carbons (Fsp3) is 0.458. The van der Waals surface area contributed by atoms with Gasteiger partial charge in [-0.25, -0.2) is 0 Å². The molecule has 1 N–H and O–H groups in total. The third-order valence-electron chi connectivity index (χ3n) is 4.88. The van der Waals surface area contributed by atoms with Gasteiger partial charge >= 0.3 is 0 Å². The Balaban J connectivity index is 1.98. The highest BCUT2D eigenvalue weighted by atomic mass is 16.5. The topological polar surface area (TPSA) is 62.9 Å². The molecule has 0 atom stereocenters. The number of Topliss-reactive ketones (excluding diaryl/α,β-unsaturated/α-hetero) is 1. The fourth-order valence-electron chi connectivity index (χ4n) is 3.85. The minimum Gasteiger partial charge on any atom is -0.507 e. The SMILES string of the molecule is Cc1ccc(/C=C2/Oc3c(CN(CC(C)C)CC(C)C)c(O)cc(C)c3C2=O)o1. The first-order valence-electron chi connectivity index (χ1n) is 10.2. The monoisotopic (exact) mass is 397 g/mol. The van der Waals surface area contributed by atoms with E-state index in [4.69, 9.17) is 9.15 Å². The molecule has 0 saturated heterocycles. The number of benzene rings is 1. The van der Waals surface area contributed by atoms with Gasteiger partial charge in [0.1, 0.15) is 23.0 Å². The van der Waals surface area contributed by atoms with Crippen molar-refractivity contribution in [3.8, 4) is 11.5 Å². The average molecular weight is 398 g/mol. The molecular formula is C24H31NO4. The molecule has 2 heterocycles. The lowest BCUT2D eigenvalue weighted by molar-refractivity contribution is 0.101. The highest BCUT2D eigenvalue weighted by Gasteiger charge is 2.34. The minimum atomic E-state index is -0.174. The van der Waals surface area contributed by atoms with Crippen molar-refractivity contribution in [2.24, 2.45) is 11.8 Å². The smallest absolute Gasteiger partial charge is 0.232 e. The molecule has 5 heteroatoms. The van der Waals surface area contributed by atoms with Crippen LogP contribution in [0.3, 0.4) is 0 Å². The Morgan fingerprint density at radius 3 is 2.31 bits per heavy atom. The first kappa shape index (κ1) is 21.2. The molecule has 0 spiro atoms. The standard InChI is InChI=1S/C24H31NO4/c1-14(2)11-25(12-15(3)4)13-19-20(26)9-16(5)22-23(27)21(29-24(19)22)10-18-8-7-17(6)28-18/h7-10,14-15,26H,11-13H2,1-6H3/b21-10+. The number of rotatable bonds is 7. The van der Waals surface area contributed by atoms with Crippen LogP contribution in [-0.2, 0) is 6.54 Å². The Bertz CT molecular complexity index is 927. The van der Waals surface area contributed by atoms with E-state index < -0.39 is 0 Å². The molecule has 1 aromatic heterocycles. The number of hydrogen-bond acceptors (Lipinski definition) is 5. The Hall–Kier alpha value is -2.53. The van der Waals surface area contributed by atoms with Crippen molar-refractivity contribution in [2.45, 2.75) is 48.1 Å². The third-order valence-corrected chi connectivity index (χ3v) is 4.88. The second-order valence-corrected chi connectivity index (χ2v) is 8.77. The van der Waals surface area contributed by atoms with Crippen LogP contribution in [0.25, 0.3) is 6.08 Å². The lowest BCUT2D eigenvalue weighted by Gasteiger charge is -2.27. The van der Waals surface area contributed by atoms with Gasteiger partial charge in [0, 0.05) is 25.7 Å². The zero-order valence-electron chi connectivity index (χ0n) is 18.2. The van der Waals surface area contributed by atoms with Crippen molar-refractivity contribution in [1.29, 1.82) is 0 Å². The summed E-state index contributed by atoms with van der Waals surface area (Å²) in [5.41, 5.74) is 1.91. The molecule has 1 aliphatic heterocycles. The van der Waals surface area contributed by atoms with Crippen LogP contribution in [0.5, 0.6) is 11.5 Å². The molecule has 0 bridgehead atoms. The van der Waals surface area contributed by atoms with Crippen molar-refractivity contribution in [3.63, 3.8) is 0 Å². The number of hydrogen-bond donors (Lipinski definition) is 1. The van der Waals surface area contributed by atoms with Crippen LogP contribution in [0.2, 0.25) is 0 Å². The number of aryl methyl sites for hydroxylation is 2. The van der Waals surface area contributed by atoms with E-state index in [-0.39, 0.29) is 17.3 Å². The maximum absolute atomic E-state index is 13.0. The summed E-state index contributed by atoms with van der Waals surface area (Å²) < 4.78 is 11.6. The van der Waals surface area contributed by atoms with Gasteiger partial charge in [0.25, 0.3) is 0 Å². The van der Waals surface area contributed by atoms with E-state index in [1.165, 1.54) is 0 Å². The number of phenols is 1. The number of carbonyl (C=O) groups excluding carboxylic acids is 1. The predicted molar refractivity (Wildman–Crippen MR) is 114 cm³/mol. The number of aromatic hydroxyl groups is 1. The Kier molecular flexibility index (Phi) is 6.18. The normalized spacial score (nSPS) is 15.1. The second kappa shape index (κ2) is 8.46. The van der Waals surface area contributed by atoms with Crippen LogP contribution in [-0.4, -0.2) is 28.9 Å². The van der Waals surface area contributed by atoms with Gasteiger partial charge in [0.2, 0.25) is 5.78 Å². The van der Waals surface area contributed by atoms with Gasteiger partial charge in [-0.3, -0.25) is 9.69 Å². The minimum absolute atomic E-state index is 0.168. The largest absolute Gasteiger partial charge is 0.507 e. The maximum atomic E-state index is 13.0. The lowest BCUT2D eigenvalue weighted by Crippen LogP contribution is -2.31. The van der Waals surface area contributed by atoms with Crippen molar-refractivity contribution in [3.05, 3.63) is 52.2 Å². The molecule has 1 aliphatic rings. The summed E-state index contributed by atoms with van der Waals surface area (Å²) in [6.45, 7) is 14.7. The summed E-state index contributed by atoms with van der Waals surface area (Å²) in [7, 11) is 0. The number of carbonyl (C=O) groups is 1. The quantitative estimate of drug-likeness (QED) is 0.640. The molecule has 2 aromatic rings. The van der Waals surface area contributed by atoms with Gasteiger partial charge < -0.3 is 14.3 Å². The zero-order valence-corrected chi connectivity index (χ0v) is 18.2. The summed E-state index contributed by atoms with van der Waals surface area (Å²) in [4.78, 5) is 15.3. The van der Waals surface area contributed by atoms with Crippen LogP contribution in [0, 0.1) is 25.7 Å². The van der Waals surface area contributed by atoms with Gasteiger partial charge in [0.05, 0.1) is 11.1 Å². The van der Waals surface area contributed by atoms with Gasteiger partial charge in [-0.1, -0.05) is 27.7 Å². The molecule has 29 heavy (non-hydrogen) atoms. The lowest BCUT2D eigenvalue weighted by atomic mass is 9.99. The van der Waals surface area contributed by atoms with Crippen molar-refractivity contribution in [1.82, 2.24) is 4.90 Å². The number of fused-ring (bicyclic) bond motifs is 1. The van der Waals surface area contributed by atoms with Gasteiger partial charge in [-0.05, 0) is 49.4 Å². The molecule has 0 unspecified atom stereocenters. The van der Waals surface area contributed by atoms with Crippen molar-refractivity contribution >= 4 is 11.9 Å². The van der Waals surface area contributed by atoms with Crippen LogP contribution in [0.1, 0.15) is 60.7 Å². The van der Waals surface area contributed by atoms with Crippen molar-refractivity contribution < 1.29 is 19.1 Å². The van der Waals surface area contributed by atoms with Crippen LogP contribution in [0.4, 0.5) is 0 Å². The predicted octanol–water partition coefficient (Wildman–Crippen LogP) is 5.33. The number of furan rings is 1. The first-order chi connectivity index (χ1) is 13.7. The third kappa shape index (κ3) is 4.73. The fourth-order valence-corrected chi connectivity index (χ4v) is 3.85. The molecule has 0 radical (unpaired) electrons. The van der Waals surface area contributed by atoms with E-state index in [2.05, 4.69) is 32.6 Å². The van der Waals surface area contributed by atoms with E-state index in [1.807, 2.05) is 19.9 Å². The molecule has 0 aliphatic carbocycles. The summed E-state index contributed by atoms with van der Waals surface area (Å²) in [6, 6.07) is 5.32. The molecule has 0 fully saturated rings. The molecule has 5 nitrogen and oxygen atoms in total. The van der Waals surface area contributed by atoms with Crippen molar-refractivity contribution in [2.75, 3.05) is 13.1 Å². The van der Waals surface area contributed by atoms with Gasteiger partial charge in [-0.2, -0.15) is 0 Å². The van der Waals surface area contributed by atoms with Gasteiger partial charge in [-0.15, -0.1) is 0 Å². The van der Waals surface area contributed by atoms with Gasteiger partial charge in [0.15, 0.2) is 5.76 Å². The Labute approximate surface area is 173 Å². The number of phenolic OH excluding ortho intramolecular Hbond substituents is 1.